The Balaban J connectivity index is 1.68. The van der Waals surface area contributed by atoms with Crippen molar-refractivity contribution in [2.75, 3.05) is 5.73 Å². The van der Waals surface area contributed by atoms with Gasteiger partial charge in [0.25, 0.3) is 0 Å². The molecule has 136 valence electrons. The van der Waals surface area contributed by atoms with Crippen molar-refractivity contribution in [3.8, 4) is 5.75 Å². The quantitative estimate of drug-likeness (QED) is 0.545. The van der Waals surface area contributed by atoms with Gasteiger partial charge in [-0.2, -0.15) is 0 Å². The second-order valence-corrected chi connectivity index (χ2v) is 7.12. The van der Waals surface area contributed by atoms with E-state index in [1.165, 1.54) is 12.1 Å². The van der Waals surface area contributed by atoms with E-state index in [2.05, 4.69) is 26.1 Å². The van der Waals surface area contributed by atoms with Crippen LogP contribution in [0.4, 0.5) is 10.4 Å². The van der Waals surface area contributed by atoms with E-state index in [0.717, 1.165) is 5.56 Å². The van der Waals surface area contributed by atoms with Crippen molar-refractivity contribution in [3.63, 3.8) is 0 Å². The number of nitrogens with zero attached hydrogens (tertiary/aromatic N) is 2. The Hall–Kier alpha value is -1.83. The summed E-state index contributed by atoms with van der Waals surface area (Å²) in [4.78, 5) is 0. The van der Waals surface area contributed by atoms with Gasteiger partial charge in [0.1, 0.15) is 12.4 Å². The second kappa shape index (κ2) is 8.24. The smallest absolute Gasteiger partial charge is 0.312 e. The summed E-state index contributed by atoms with van der Waals surface area (Å²) in [5.41, 5.74) is 7.03. The van der Waals surface area contributed by atoms with Gasteiger partial charge in [0.2, 0.25) is 5.89 Å². The Labute approximate surface area is 167 Å². The number of halogens is 4. The first-order valence-corrected chi connectivity index (χ1v) is 9.10. The first-order chi connectivity index (χ1) is 12.4. The summed E-state index contributed by atoms with van der Waals surface area (Å²) < 4.78 is 24.7. The maximum absolute atomic E-state index is 13.1. The van der Waals surface area contributed by atoms with Crippen molar-refractivity contribution in [1.29, 1.82) is 0 Å². The van der Waals surface area contributed by atoms with Crippen LogP contribution in [-0.2, 0) is 19.4 Å². The zero-order valence-electron chi connectivity index (χ0n) is 13.3. The third kappa shape index (κ3) is 4.66. The second-order valence-electron chi connectivity index (χ2n) is 5.45. The van der Waals surface area contributed by atoms with Crippen LogP contribution in [0.2, 0.25) is 10.0 Å². The first kappa shape index (κ1) is 18.9. The van der Waals surface area contributed by atoms with Gasteiger partial charge in [0.05, 0.1) is 14.5 Å². The van der Waals surface area contributed by atoms with Gasteiger partial charge in [0, 0.05) is 12.0 Å². The summed E-state index contributed by atoms with van der Waals surface area (Å²) in [7, 11) is 0. The number of hydrogen-bond acceptors (Lipinski definition) is 5. The van der Waals surface area contributed by atoms with Crippen LogP contribution in [0, 0.1) is 5.82 Å². The number of aryl methyl sites for hydroxylation is 2. The minimum absolute atomic E-state index is 0.0439. The van der Waals surface area contributed by atoms with Crippen LogP contribution in [-0.4, -0.2) is 10.2 Å². The molecular formula is C17H13BrCl2FN3O2. The van der Waals surface area contributed by atoms with Crippen molar-refractivity contribution in [2.45, 2.75) is 19.4 Å². The maximum atomic E-state index is 13.1. The van der Waals surface area contributed by atoms with Crippen LogP contribution in [0.25, 0.3) is 0 Å². The lowest BCUT2D eigenvalue weighted by atomic mass is 10.1. The normalized spacial score (nSPS) is 10.9. The molecule has 3 rings (SSSR count). The number of nitrogens with two attached hydrogens (primary N) is 1. The average Bonchev–Trinajstić information content (AvgIpc) is 2.99. The highest BCUT2D eigenvalue weighted by Gasteiger charge is 2.12. The molecule has 0 aliphatic rings. The van der Waals surface area contributed by atoms with Gasteiger partial charge in [-0.25, -0.2) is 4.39 Å². The molecule has 3 aromatic rings. The van der Waals surface area contributed by atoms with Gasteiger partial charge < -0.3 is 14.9 Å². The predicted octanol–water partition coefficient (Wildman–Crippen LogP) is 5.22. The molecule has 1 heterocycles. The molecule has 26 heavy (non-hydrogen) atoms. The Morgan fingerprint density at radius 1 is 1.12 bits per heavy atom. The third-order valence-electron chi connectivity index (χ3n) is 3.56. The van der Waals surface area contributed by atoms with Crippen molar-refractivity contribution < 1.29 is 13.5 Å². The highest BCUT2D eigenvalue weighted by Crippen LogP contribution is 2.35. The van der Waals surface area contributed by atoms with E-state index in [4.69, 9.17) is 38.1 Å². The Kier molecular flexibility index (Phi) is 6.01. The fourth-order valence-electron chi connectivity index (χ4n) is 2.30. The van der Waals surface area contributed by atoms with Gasteiger partial charge in [-0.15, -0.1) is 5.10 Å². The lowest BCUT2D eigenvalue weighted by Crippen LogP contribution is -1.99. The minimum Gasteiger partial charge on any atom is -0.486 e. The molecule has 0 bridgehead atoms. The Morgan fingerprint density at radius 3 is 2.58 bits per heavy atom. The molecule has 0 spiro atoms. The van der Waals surface area contributed by atoms with E-state index in [0.29, 0.717) is 44.6 Å². The van der Waals surface area contributed by atoms with Crippen LogP contribution < -0.4 is 10.5 Å². The van der Waals surface area contributed by atoms with Gasteiger partial charge in [-0.05, 0) is 52.2 Å². The number of anilines is 1. The third-order valence-corrected chi connectivity index (χ3v) is 4.78. The van der Waals surface area contributed by atoms with Crippen LogP contribution >= 0.6 is 39.1 Å². The van der Waals surface area contributed by atoms with Crippen LogP contribution in [0.5, 0.6) is 5.75 Å². The molecule has 0 aliphatic heterocycles. The molecule has 9 heteroatoms. The summed E-state index contributed by atoms with van der Waals surface area (Å²) in [6.07, 6.45) is 1.18. The van der Waals surface area contributed by atoms with E-state index in [9.17, 15) is 4.39 Å². The average molecular weight is 461 g/mol. The maximum Gasteiger partial charge on any atom is 0.312 e. The molecule has 0 atom stereocenters. The number of rotatable bonds is 6. The van der Waals surface area contributed by atoms with Gasteiger partial charge in [0.15, 0.2) is 5.75 Å². The van der Waals surface area contributed by atoms with Crippen LogP contribution in [0.15, 0.2) is 39.2 Å². The summed E-state index contributed by atoms with van der Waals surface area (Å²) in [5, 5.41) is 8.18. The molecule has 2 N–H and O–H groups in total. The zero-order chi connectivity index (χ0) is 18.7. The summed E-state index contributed by atoms with van der Waals surface area (Å²) in [6.45, 7) is 0.165. The molecule has 0 radical (unpaired) electrons. The topological polar surface area (TPSA) is 74.2 Å². The highest BCUT2D eigenvalue weighted by atomic mass is 79.9. The monoisotopic (exact) mass is 459 g/mol. The molecule has 0 saturated heterocycles. The minimum atomic E-state index is -0.398. The lowest BCUT2D eigenvalue weighted by molar-refractivity contribution is 0.304. The Bertz CT molecular complexity index is 913. The van der Waals surface area contributed by atoms with E-state index >= 15 is 0 Å². The molecular weight excluding hydrogens is 448 g/mol. The molecule has 0 aliphatic carbocycles. The van der Waals surface area contributed by atoms with Gasteiger partial charge in [-0.3, -0.25) is 0 Å². The molecule has 0 unspecified atom stereocenters. The van der Waals surface area contributed by atoms with Crippen molar-refractivity contribution in [1.82, 2.24) is 10.2 Å². The molecule has 0 amide bonds. The van der Waals surface area contributed by atoms with Gasteiger partial charge in [-0.1, -0.05) is 34.4 Å². The zero-order valence-corrected chi connectivity index (χ0v) is 16.4. The number of ether oxygens (including phenoxy) is 1. The van der Waals surface area contributed by atoms with E-state index in [-0.39, 0.29) is 12.6 Å². The fraction of sp³-hybridized carbons (Fsp3) is 0.176. The summed E-state index contributed by atoms with van der Waals surface area (Å²) in [6, 6.07) is 7.88. The van der Waals surface area contributed by atoms with E-state index in [1.54, 1.807) is 12.1 Å². The SMILES string of the molecule is Nc1nnc(CCc2cc(Cl)c(OCc3ccc(F)cc3Cl)c(Br)c2)o1. The summed E-state index contributed by atoms with van der Waals surface area (Å²) in [5.74, 6) is 0.546. The molecule has 5 nitrogen and oxygen atoms in total. The Morgan fingerprint density at radius 2 is 1.92 bits per heavy atom. The number of aromatic nitrogens is 2. The van der Waals surface area contributed by atoms with Crippen molar-refractivity contribution >= 4 is 45.1 Å². The molecule has 0 saturated carbocycles. The number of hydrogen-bond donors (Lipinski definition) is 1. The largest absolute Gasteiger partial charge is 0.486 e. The fourth-order valence-corrected chi connectivity index (χ4v) is 3.56. The lowest BCUT2D eigenvalue weighted by Gasteiger charge is -2.13. The first-order valence-electron chi connectivity index (χ1n) is 7.55. The van der Waals surface area contributed by atoms with Crippen LogP contribution in [0.1, 0.15) is 17.0 Å². The molecule has 1 aromatic heterocycles. The summed E-state index contributed by atoms with van der Waals surface area (Å²) >= 11 is 15.8. The predicted molar refractivity (Wildman–Crippen MR) is 101 cm³/mol. The van der Waals surface area contributed by atoms with E-state index < -0.39 is 5.82 Å². The van der Waals surface area contributed by atoms with Gasteiger partial charge >= 0.3 is 6.01 Å². The number of nitrogen functional groups attached to an aromatic ring is 1. The molecule has 0 fully saturated rings. The van der Waals surface area contributed by atoms with E-state index in [1.807, 2.05) is 6.07 Å². The molecule has 2 aromatic carbocycles. The number of benzene rings is 2. The van der Waals surface area contributed by atoms with Crippen molar-refractivity contribution in [2.24, 2.45) is 0 Å². The standard InChI is InChI=1S/C17H13BrCl2FN3O2/c18-12-5-9(1-4-15-23-24-17(22)26-15)6-14(20)16(12)25-8-10-2-3-11(21)7-13(10)19/h2-3,5-7H,1,4,8H2,(H2,22,24). The highest BCUT2D eigenvalue weighted by molar-refractivity contribution is 9.10. The van der Waals surface area contributed by atoms with Crippen molar-refractivity contribution in [3.05, 3.63) is 67.7 Å². The van der Waals surface area contributed by atoms with Crippen LogP contribution in [0.3, 0.4) is 0 Å².